The second-order valence-electron chi connectivity index (χ2n) is 6.43. The largest absolute Gasteiger partial charge is 0.395 e. The molecule has 1 aromatic heterocycles. The minimum absolute atomic E-state index is 0.0871. The van der Waals surface area contributed by atoms with Crippen molar-refractivity contribution in [2.45, 2.75) is 34.6 Å². The number of hydrogen-bond acceptors (Lipinski definition) is 5. The van der Waals surface area contributed by atoms with E-state index in [1.54, 1.807) is 0 Å². The maximum Gasteiger partial charge on any atom is 0.131 e. The van der Waals surface area contributed by atoms with Crippen molar-refractivity contribution in [3.63, 3.8) is 0 Å². The molecule has 0 fully saturated rings. The van der Waals surface area contributed by atoms with Crippen LogP contribution in [0.2, 0.25) is 0 Å². The van der Waals surface area contributed by atoms with Gasteiger partial charge in [-0.1, -0.05) is 34.6 Å². The Kier molecular flexibility index (Phi) is 5.11. The molecule has 0 spiro atoms. The van der Waals surface area contributed by atoms with Gasteiger partial charge in [0, 0.05) is 19.2 Å². The van der Waals surface area contributed by atoms with Gasteiger partial charge in [-0.15, -0.1) is 0 Å². The summed E-state index contributed by atoms with van der Waals surface area (Å²) in [6.45, 7) is 12.6. The number of nitrogens with zero attached hydrogens (tertiary/aromatic N) is 2. The molecule has 0 atom stereocenters. The molecule has 1 rings (SSSR count). The molecule has 108 valence electrons. The van der Waals surface area contributed by atoms with Crippen LogP contribution in [0.25, 0.3) is 0 Å². The van der Waals surface area contributed by atoms with E-state index in [0.29, 0.717) is 6.54 Å². The average Bonchev–Trinajstić information content (AvgIpc) is 2.33. The van der Waals surface area contributed by atoms with Gasteiger partial charge in [0.25, 0.3) is 0 Å². The number of rotatable bonds is 6. The smallest absolute Gasteiger partial charge is 0.131 e. The molecule has 0 unspecified atom stereocenters. The molecule has 0 radical (unpaired) electrons. The van der Waals surface area contributed by atoms with Gasteiger partial charge in [0.1, 0.15) is 18.0 Å². The summed E-state index contributed by atoms with van der Waals surface area (Å²) in [6.07, 6.45) is 1.52. The van der Waals surface area contributed by atoms with E-state index >= 15 is 0 Å². The van der Waals surface area contributed by atoms with E-state index < -0.39 is 0 Å². The van der Waals surface area contributed by atoms with Gasteiger partial charge < -0.3 is 15.7 Å². The molecule has 0 aliphatic carbocycles. The molecule has 0 aliphatic rings. The zero-order chi connectivity index (χ0) is 14.5. The molecule has 3 N–H and O–H groups in total. The number of hydrogen-bond donors (Lipinski definition) is 3. The summed E-state index contributed by atoms with van der Waals surface area (Å²) in [4.78, 5) is 8.30. The van der Waals surface area contributed by atoms with Gasteiger partial charge >= 0.3 is 0 Å². The van der Waals surface area contributed by atoms with E-state index in [4.69, 9.17) is 5.11 Å². The van der Waals surface area contributed by atoms with Crippen molar-refractivity contribution in [1.29, 1.82) is 0 Å². The van der Waals surface area contributed by atoms with E-state index in [-0.39, 0.29) is 17.4 Å². The van der Waals surface area contributed by atoms with Gasteiger partial charge in [-0.3, -0.25) is 0 Å². The molecule has 0 saturated heterocycles. The van der Waals surface area contributed by atoms with Gasteiger partial charge in [0.2, 0.25) is 0 Å². The molecule has 0 saturated carbocycles. The molecule has 5 heteroatoms. The van der Waals surface area contributed by atoms with Crippen molar-refractivity contribution in [1.82, 2.24) is 9.97 Å². The van der Waals surface area contributed by atoms with Crippen LogP contribution in [0.4, 0.5) is 11.6 Å². The zero-order valence-corrected chi connectivity index (χ0v) is 12.6. The summed E-state index contributed by atoms with van der Waals surface area (Å²) < 4.78 is 0. The number of aliphatic hydroxyl groups excluding tert-OH is 1. The molecule has 1 aromatic rings. The number of aromatic nitrogens is 2. The minimum atomic E-state index is 0.0871. The van der Waals surface area contributed by atoms with Crippen LogP contribution in [0.3, 0.4) is 0 Å². The summed E-state index contributed by atoms with van der Waals surface area (Å²) in [5.74, 6) is 1.52. The van der Waals surface area contributed by atoms with Crippen molar-refractivity contribution in [3.05, 3.63) is 12.4 Å². The highest BCUT2D eigenvalue weighted by Gasteiger charge is 2.32. The highest BCUT2D eigenvalue weighted by atomic mass is 16.3. The summed E-state index contributed by atoms with van der Waals surface area (Å²) in [6, 6.07) is 1.86. The first-order chi connectivity index (χ1) is 8.76. The fraction of sp³-hybridized carbons (Fsp3) is 0.714. The SMILES string of the molecule is CC(C)(C)C(C)(C)CNc1cc(NCCO)ncn1. The standard InChI is InChI=1S/C14H26N4O/c1-13(2,3)14(4,5)9-16-12-8-11(15-6-7-19)17-10-18-12/h8,10,19H,6-7,9H2,1-5H3,(H2,15,16,17,18). The predicted molar refractivity (Wildman–Crippen MR) is 79.3 cm³/mol. The first-order valence-electron chi connectivity index (χ1n) is 6.67. The van der Waals surface area contributed by atoms with Crippen molar-refractivity contribution in [2.24, 2.45) is 10.8 Å². The minimum Gasteiger partial charge on any atom is -0.395 e. The Balaban J connectivity index is 2.63. The van der Waals surface area contributed by atoms with Gasteiger partial charge in [0.05, 0.1) is 6.61 Å². The summed E-state index contributed by atoms with van der Waals surface area (Å²) in [5, 5.41) is 15.2. The van der Waals surface area contributed by atoms with Crippen molar-refractivity contribution < 1.29 is 5.11 Å². The number of anilines is 2. The Bertz CT molecular complexity index is 399. The molecular formula is C14H26N4O. The van der Waals surface area contributed by atoms with Crippen molar-refractivity contribution in [3.8, 4) is 0 Å². The third kappa shape index (κ3) is 4.67. The predicted octanol–water partition coefficient (Wildman–Crippen LogP) is 2.37. The second-order valence-corrected chi connectivity index (χ2v) is 6.43. The number of nitrogens with one attached hydrogen (secondary N) is 2. The first kappa shape index (κ1) is 15.7. The van der Waals surface area contributed by atoms with Crippen LogP contribution in [0, 0.1) is 10.8 Å². The van der Waals surface area contributed by atoms with E-state index in [1.807, 2.05) is 6.07 Å². The van der Waals surface area contributed by atoms with Crippen LogP contribution in [0.1, 0.15) is 34.6 Å². The van der Waals surface area contributed by atoms with E-state index in [2.05, 4.69) is 55.2 Å². The Morgan fingerprint density at radius 3 is 2.16 bits per heavy atom. The van der Waals surface area contributed by atoms with E-state index in [0.717, 1.165) is 18.2 Å². The van der Waals surface area contributed by atoms with Gasteiger partial charge in [-0.2, -0.15) is 0 Å². The molecule has 19 heavy (non-hydrogen) atoms. The van der Waals surface area contributed by atoms with E-state index in [9.17, 15) is 0 Å². The topological polar surface area (TPSA) is 70.1 Å². The van der Waals surface area contributed by atoms with Crippen LogP contribution in [-0.2, 0) is 0 Å². The Labute approximate surface area is 115 Å². The average molecular weight is 266 g/mol. The van der Waals surface area contributed by atoms with Crippen LogP contribution in [0.15, 0.2) is 12.4 Å². The molecule has 0 aromatic carbocycles. The van der Waals surface area contributed by atoms with Crippen LogP contribution in [-0.4, -0.2) is 34.8 Å². The molecule has 5 nitrogen and oxygen atoms in total. The van der Waals surface area contributed by atoms with Crippen LogP contribution >= 0.6 is 0 Å². The lowest BCUT2D eigenvalue weighted by Crippen LogP contribution is -2.36. The maximum atomic E-state index is 8.77. The maximum absolute atomic E-state index is 8.77. The summed E-state index contributed by atoms with van der Waals surface area (Å²) >= 11 is 0. The van der Waals surface area contributed by atoms with Gasteiger partial charge in [0.15, 0.2) is 0 Å². The van der Waals surface area contributed by atoms with Crippen LogP contribution in [0.5, 0.6) is 0 Å². The lowest BCUT2D eigenvalue weighted by atomic mass is 9.69. The summed E-state index contributed by atoms with van der Waals surface area (Å²) in [5.41, 5.74) is 0.363. The van der Waals surface area contributed by atoms with E-state index in [1.165, 1.54) is 6.33 Å². The monoisotopic (exact) mass is 266 g/mol. The fourth-order valence-corrected chi connectivity index (χ4v) is 1.31. The highest BCUT2D eigenvalue weighted by Crippen LogP contribution is 2.37. The Hall–Kier alpha value is -1.36. The normalized spacial score (nSPS) is 12.3. The lowest BCUT2D eigenvalue weighted by Gasteiger charge is -2.39. The second kappa shape index (κ2) is 6.19. The van der Waals surface area contributed by atoms with Gasteiger partial charge in [-0.25, -0.2) is 9.97 Å². The zero-order valence-electron chi connectivity index (χ0n) is 12.6. The molecule has 0 amide bonds. The number of aliphatic hydroxyl groups is 1. The first-order valence-corrected chi connectivity index (χ1v) is 6.67. The fourth-order valence-electron chi connectivity index (χ4n) is 1.31. The summed E-state index contributed by atoms with van der Waals surface area (Å²) in [7, 11) is 0. The lowest BCUT2D eigenvalue weighted by molar-refractivity contribution is 0.148. The van der Waals surface area contributed by atoms with Gasteiger partial charge in [-0.05, 0) is 10.8 Å². The third-order valence-electron chi connectivity index (χ3n) is 3.83. The molecule has 0 bridgehead atoms. The molecule has 1 heterocycles. The molecule has 0 aliphatic heterocycles. The van der Waals surface area contributed by atoms with Crippen LogP contribution < -0.4 is 10.6 Å². The highest BCUT2D eigenvalue weighted by molar-refractivity contribution is 5.46. The molecular weight excluding hydrogens is 240 g/mol. The quantitative estimate of drug-likeness (QED) is 0.737. The Morgan fingerprint density at radius 2 is 1.63 bits per heavy atom. The van der Waals surface area contributed by atoms with Crippen molar-refractivity contribution >= 4 is 11.6 Å². The third-order valence-corrected chi connectivity index (χ3v) is 3.83. The Morgan fingerprint density at radius 1 is 1.05 bits per heavy atom. The van der Waals surface area contributed by atoms with Crippen molar-refractivity contribution in [2.75, 3.05) is 30.3 Å².